The summed E-state index contributed by atoms with van der Waals surface area (Å²) in [6.45, 7) is 3.17. The van der Waals surface area contributed by atoms with Gasteiger partial charge in [0.05, 0.1) is 6.61 Å². The first-order valence-electron chi connectivity index (χ1n) is 7.07. The Labute approximate surface area is 121 Å². The molecule has 1 heterocycles. The van der Waals surface area contributed by atoms with Crippen LogP contribution in [0, 0.1) is 0 Å². The molecule has 0 unspecified atom stereocenters. The fraction of sp³-hybridized carbons (Fsp3) is 1.00. The fourth-order valence-corrected chi connectivity index (χ4v) is 2.46. The Morgan fingerprint density at radius 2 is 1.55 bits per heavy atom. The van der Waals surface area contributed by atoms with Gasteiger partial charge in [0, 0.05) is 35.0 Å². The molecule has 1 aliphatic heterocycles. The Morgan fingerprint density at radius 3 is 2.05 bits per heavy atom. The lowest BCUT2D eigenvalue weighted by Crippen LogP contribution is -2.61. The molecule has 20 heavy (non-hydrogen) atoms. The van der Waals surface area contributed by atoms with Crippen LogP contribution in [0.2, 0.25) is 0 Å². The van der Waals surface area contributed by atoms with E-state index in [9.17, 15) is 0 Å². The third-order valence-electron chi connectivity index (χ3n) is 3.52. The summed E-state index contributed by atoms with van der Waals surface area (Å²) in [5, 5.41) is 0. The highest BCUT2D eigenvalue weighted by Gasteiger charge is 2.47. The summed E-state index contributed by atoms with van der Waals surface area (Å²) in [6.07, 6.45) is 0.504. The molecule has 0 amide bonds. The van der Waals surface area contributed by atoms with Gasteiger partial charge in [0.2, 0.25) is 0 Å². The number of unbranched alkanes of at least 4 members (excludes halogenated alkanes) is 1. The van der Waals surface area contributed by atoms with Gasteiger partial charge in [0.25, 0.3) is 0 Å². The van der Waals surface area contributed by atoms with E-state index in [2.05, 4.69) is 6.92 Å². The van der Waals surface area contributed by atoms with Crippen LogP contribution in [0.5, 0.6) is 0 Å². The van der Waals surface area contributed by atoms with Crippen LogP contribution in [-0.4, -0.2) is 72.4 Å². The Hall–Kier alpha value is -0.240. The van der Waals surface area contributed by atoms with Crippen molar-refractivity contribution < 1.29 is 28.4 Å². The largest absolute Gasteiger partial charge is 0.382 e. The van der Waals surface area contributed by atoms with Gasteiger partial charge in [-0.25, -0.2) is 0 Å². The lowest BCUT2D eigenvalue weighted by Gasteiger charge is -2.44. The van der Waals surface area contributed by atoms with Crippen molar-refractivity contribution >= 4 is 0 Å². The summed E-state index contributed by atoms with van der Waals surface area (Å²) in [7, 11) is 6.53. The Bertz CT molecular complexity index is 250. The van der Waals surface area contributed by atoms with Crippen molar-refractivity contribution in [3.63, 3.8) is 0 Å². The number of hydrogen-bond donors (Lipinski definition) is 0. The van der Waals surface area contributed by atoms with Gasteiger partial charge in [-0.15, -0.1) is 0 Å². The lowest BCUT2D eigenvalue weighted by atomic mass is 9.98. The highest BCUT2D eigenvalue weighted by Crippen LogP contribution is 2.28. The first kappa shape index (κ1) is 17.8. The second-order valence-electron chi connectivity index (χ2n) is 4.82. The average Bonchev–Trinajstić information content (AvgIpc) is 2.47. The minimum Gasteiger partial charge on any atom is -0.382 e. The van der Waals surface area contributed by atoms with Crippen LogP contribution < -0.4 is 0 Å². The number of ether oxygens (including phenoxy) is 6. The first-order chi connectivity index (χ1) is 9.73. The molecule has 1 rings (SSSR count). The summed E-state index contributed by atoms with van der Waals surface area (Å²) in [4.78, 5) is 0. The smallest absolute Gasteiger partial charge is 0.186 e. The molecule has 6 nitrogen and oxygen atoms in total. The van der Waals surface area contributed by atoms with Gasteiger partial charge in [-0.05, 0) is 6.42 Å². The first-order valence-corrected chi connectivity index (χ1v) is 7.07. The molecule has 5 atom stereocenters. The summed E-state index contributed by atoms with van der Waals surface area (Å²) >= 11 is 0. The van der Waals surface area contributed by atoms with Gasteiger partial charge >= 0.3 is 0 Å². The molecule has 1 aliphatic rings. The third-order valence-corrected chi connectivity index (χ3v) is 3.52. The van der Waals surface area contributed by atoms with E-state index in [0.29, 0.717) is 13.2 Å². The highest BCUT2D eigenvalue weighted by molar-refractivity contribution is 4.92. The predicted octanol–water partition coefficient (Wildman–Crippen LogP) is 1.22. The van der Waals surface area contributed by atoms with E-state index >= 15 is 0 Å². The zero-order valence-corrected chi connectivity index (χ0v) is 13.2. The Balaban J connectivity index is 2.77. The molecule has 6 heteroatoms. The minimum atomic E-state index is -0.469. The van der Waals surface area contributed by atoms with Gasteiger partial charge in [0.15, 0.2) is 6.29 Å². The summed E-state index contributed by atoms with van der Waals surface area (Å²) in [6, 6.07) is 0. The van der Waals surface area contributed by atoms with Crippen LogP contribution in [0.4, 0.5) is 0 Å². The van der Waals surface area contributed by atoms with Crippen LogP contribution in [0.3, 0.4) is 0 Å². The van der Waals surface area contributed by atoms with Crippen LogP contribution >= 0.6 is 0 Å². The Kier molecular flexibility index (Phi) is 8.60. The zero-order valence-electron chi connectivity index (χ0n) is 13.2. The maximum absolute atomic E-state index is 5.94. The molecular formula is C14H28O6. The quantitative estimate of drug-likeness (QED) is 0.596. The Morgan fingerprint density at radius 1 is 0.900 bits per heavy atom. The molecule has 120 valence electrons. The van der Waals surface area contributed by atoms with E-state index in [1.165, 1.54) is 0 Å². The molecule has 0 bridgehead atoms. The fourth-order valence-electron chi connectivity index (χ4n) is 2.46. The third kappa shape index (κ3) is 4.38. The van der Waals surface area contributed by atoms with E-state index in [4.69, 9.17) is 28.4 Å². The van der Waals surface area contributed by atoms with Crippen LogP contribution in [0.1, 0.15) is 19.8 Å². The van der Waals surface area contributed by atoms with Crippen molar-refractivity contribution in [1.29, 1.82) is 0 Å². The van der Waals surface area contributed by atoms with E-state index in [0.717, 1.165) is 12.8 Å². The van der Waals surface area contributed by atoms with E-state index in [-0.39, 0.29) is 24.4 Å². The molecule has 0 N–H and O–H groups in total. The van der Waals surface area contributed by atoms with Crippen molar-refractivity contribution in [2.75, 3.05) is 41.7 Å². The molecule has 0 saturated carbocycles. The number of hydrogen-bond acceptors (Lipinski definition) is 6. The average molecular weight is 292 g/mol. The van der Waals surface area contributed by atoms with E-state index < -0.39 is 6.29 Å². The second-order valence-corrected chi connectivity index (χ2v) is 4.82. The maximum atomic E-state index is 5.94. The van der Waals surface area contributed by atoms with E-state index in [1.807, 2.05) is 0 Å². The summed E-state index contributed by atoms with van der Waals surface area (Å²) in [5.74, 6) is 0. The topological polar surface area (TPSA) is 55.4 Å². The summed E-state index contributed by atoms with van der Waals surface area (Å²) < 4.78 is 33.5. The molecule has 0 aromatic heterocycles. The molecule has 0 aromatic carbocycles. The van der Waals surface area contributed by atoms with Crippen molar-refractivity contribution in [3.8, 4) is 0 Å². The highest BCUT2D eigenvalue weighted by atomic mass is 16.7. The molecule has 0 spiro atoms. The van der Waals surface area contributed by atoms with Crippen molar-refractivity contribution in [2.45, 2.75) is 50.5 Å². The van der Waals surface area contributed by atoms with Crippen molar-refractivity contribution in [3.05, 3.63) is 0 Å². The predicted molar refractivity (Wildman–Crippen MR) is 73.8 cm³/mol. The molecule has 0 radical (unpaired) electrons. The van der Waals surface area contributed by atoms with Crippen LogP contribution in [-0.2, 0) is 28.4 Å². The van der Waals surface area contributed by atoms with E-state index in [1.54, 1.807) is 28.4 Å². The van der Waals surface area contributed by atoms with Gasteiger partial charge in [-0.3, -0.25) is 0 Å². The molecule has 1 fully saturated rings. The number of rotatable bonds is 9. The second kappa shape index (κ2) is 9.65. The zero-order chi connectivity index (χ0) is 15.0. The van der Waals surface area contributed by atoms with Gasteiger partial charge in [-0.1, -0.05) is 13.3 Å². The summed E-state index contributed by atoms with van der Waals surface area (Å²) in [5.41, 5.74) is 0. The molecule has 0 aromatic rings. The maximum Gasteiger partial charge on any atom is 0.186 e. The van der Waals surface area contributed by atoms with Gasteiger partial charge in [-0.2, -0.15) is 0 Å². The normalized spacial score (nSPS) is 34.4. The monoisotopic (exact) mass is 292 g/mol. The minimum absolute atomic E-state index is 0.243. The van der Waals surface area contributed by atoms with Gasteiger partial charge < -0.3 is 28.4 Å². The molecular weight excluding hydrogens is 264 g/mol. The number of methoxy groups -OCH3 is 4. The van der Waals surface area contributed by atoms with Gasteiger partial charge in [0.1, 0.15) is 24.4 Å². The SMILES string of the molecule is CCCCO[C@@H]1O[C@H](COC)[C@H](OC)[C@H](OC)[C@H]1OC. The van der Waals surface area contributed by atoms with Crippen LogP contribution in [0.15, 0.2) is 0 Å². The standard InChI is InChI=1S/C14H28O6/c1-6-7-8-19-14-13(18-5)12(17-4)11(16-3)10(20-14)9-15-2/h10-14H,6-9H2,1-5H3/t10-,11+,12+,13-,14-/m1/s1. The van der Waals surface area contributed by atoms with Crippen molar-refractivity contribution in [2.24, 2.45) is 0 Å². The molecule has 0 aliphatic carbocycles. The molecule has 1 saturated heterocycles. The van der Waals surface area contributed by atoms with Crippen LogP contribution in [0.25, 0.3) is 0 Å². The van der Waals surface area contributed by atoms with Crippen molar-refractivity contribution in [1.82, 2.24) is 0 Å². The lowest BCUT2D eigenvalue weighted by molar-refractivity contribution is -0.313.